The Morgan fingerprint density at radius 3 is 2.50 bits per heavy atom. The molecule has 0 saturated heterocycles. The molecule has 0 aliphatic rings. The molecule has 1 aromatic carbocycles. The number of nitrogens with one attached hydrogen (secondary N) is 1. The van der Waals surface area contributed by atoms with Crippen molar-refractivity contribution in [3.05, 3.63) is 30.3 Å². The molecule has 0 amide bonds. The molecular weight excluding hydrogens is 242 g/mol. The van der Waals surface area contributed by atoms with Crippen LogP contribution >= 0.6 is 11.8 Å². The minimum Gasteiger partial charge on any atom is -0.396 e. The number of unbranched alkanes of at least 4 members (excludes halogenated alkanes) is 1. The molecule has 0 spiro atoms. The van der Waals surface area contributed by atoms with Crippen LogP contribution in [0.3, 0.4) is 0 Å². The van der Waals surface area contributed by atoms with E-state index < -0.39 is 0 Å². The van der Waals surface area contributed by atoms with Crippen LogP contribution in [0.1, 0.15) is 33.1 Å². The van der Waals surface area contributed by atoms with E-state index in [9.17, 15) is 0 Å². The summed E-state index contributed by atoms with van der Waals surface area (Å²) in [4.78, 5) is 1.33. The van der Waals surface area contributed by atoms with Crippen molar-refractivity contribution in [2.45, 2.75) is 50.1 Å². The Morgan fingerprint density at radius 2 is 1.89 bits per heavy atom. The number of rotatable bonds is 9. The first-order valence-corrected chi connectivity index (χ1v) is 7.75. The largest absolute Gasteiger partial charge is 0.396 e. The fourth-order valence-corrected chi connectivity index (χ4v) is 2.91. The highest BCUT2D eigenvalue weighted by Crippen LogP contribution is 2.19. The molecule has 0 fully saturated rings. The second-order valence-electron chi connectivity index (χ2n) is 4.86. The lowest BCUT2D eigenvalue weighted by Crippen LogP contribution is -2.36. The van der Waals surface area contributed by atoms with Gasteiger partial charge >= 0.3 is 0 Å². The van der Waals surface area contributed by atoms with E-state index in [1.807, 2.05) is 11.8 Å². The van der Waals surface area contributed by atoms with E-state index in [1.165, 1.54) is 4.90 Å². The molecule has 0 radical (unpaired) electrons. The topological polar surface area (TPSA) is 32.3 Å². The van der Waals surface area contributed by atoms with Crippen LogP contribution in [0.15, 0.2) is 35.2 Å². The zero-order chi connectivity index (χ0) is 13.2. The maximum atomic E-state index is 8.84. The number of aliphatic hydroxyl groups is 1. The van der Waals surface area contributed by atoms with Gasteiger partial charge in [-0.05, 0) is 31.4 Å². The maximum Gasteiger partial charge on any atom is 0.0431 e. The van der Waals surface area contributed by atoms with Crippen LogP contribution in [0.2, 0.25) is 0 Å². The normalized spacial score (nSPS) is 12.9. The van der Waals surface area contributed by atoms with Gasteiger partial charge in [-0.3, -0.25) is 0 Å². The monoisotopic (exact) mass is 267 g/mol. The maximum absolute atomic E-state index is 8.84. The third-order valence-corrected chi connectivity index (χ3v) is 3.90. The van der Waals surface area contributed by atoms with E-state index in [0.29, 0.717) is 18.7 Å². The van der Waals surface area contributed by atoms with Gasteiger partial charge in [0, 0.05) is 29.3 Å². The molecular formula is C15H25NOS. The smallest absolute Gasteiger partial charge is 0.0431 e. The van der Waals surface area contributed by atoms with Crippen LogP contribution in [-0.4, -0.2) is 29.5 Å². The van der Waals surface area contributed by atoms with Gasteiger partial charge in [0.05, 0.1) is 0 Å². The summed E-state index contributed by atoms with van der Waals surface area (Å²) in [5.74, 6) is 1.09. The van der Waals surface area contributed by atoms with Crippen molar-refractivity contribution >= 4 is 11.8 Å². The Labute approximate surface area is 115 Å². The third kappa shape index (κ3) is 7.04. The fourth-order valence-electron chi connectivity index (χ4n) is 1.90. The number of aliphatic hydroxyl groups excluding tert-OH is 1. The van der Waals surface area contributed by atoms with E-state index in [4.69, 9.17) is 5.11 Å². The summed E-state index contributed by atoms with van der Waals surface area (Å²) >= 11 is 1.90. The molecule has 0 aromatic heterocycles. The Hall–Kier alpha value is -0.510. The second-order valence-corrected chi connectivity index (χ2v) is 5.96. The van der Waals surface area contributed by atoms with Crippen molar-refractivity contribution < 1.29 is 5.11 Å². The summed E-state index contributed by atoms with van der Waals surface area (Å²) in [5, 5.41) is 12.4. The highest BCUT2D eigenvalue weighted by Gasteiger charge is 2.10. The summed E-state index contributed by atoms with van der Waals surface area (Å²) in [7, 11) is 0. The quantitative estimate of drug-likeness (QED) is 0.532. The van der Waals surface area contributed by atoms with Gasteiger partial charge in [-0.1, -0.05) is 32.0 Å². The molecule has 2 nitrogen and oxygen atoms in total. The average molecular weight is 267 g/mol. The lowest BCUT2D eigenvalue weighted by molar-refractivity contribution is 0.279. The summed E-state index contributed by atoms with van der Waals surface area (Å²) in [6.45, 7) is 4.68. The molecule has 0 saturated carbocycles. The molecule has 0 heterocycles. The Balaban J connectivity index is 2.35. The predicted molar refractivity (Wildman–Crippen MR) is 80.2 cm³/mol. The first kappa shape index (κ1) is 15.5. The van der Waals surface area contributed by atoms with Gasteiger partial charge < -0.3 is 10.4 Å². The lowest BCUT2D eigenvalue weighted by atomic mass is 10.1. The molecule has 1 unspecified atom stereocenters. The Morgan fingerprint density at radius 1 is 1.17 bits per heavy atom. The van der Waals surface area contributed by atoms with Crippen molar-refractivity contribution in [2.24, 2.45) is 0 Å². The van der Waals surface area contributed by atoms with Gasteiger partial charge in [-0.2, -0.15) is 0 Å². The van der Waals surface area contributed by atoms with Gasteiger partial charge in [0.2, 0.25) is 0 Å². The van der Waals surface area contributed by atoms with E-state index in [2.05, 4.69) is 49.5 Å². The van der Waals surface area contributed by atoms with Gasteiger partial charge in [0.25, 0.3) is 0 Å². The van der Waals surface area contributed by atoms with Crippen LogP contribution in [0, 0.1) is 0 Å². The van der Waals surface area contributed by atoms with Crippen molar-refractivity contribution in [2.75, 3.05) is 12.4 Å². The summed E-state index contributed by atoms with van der Waals surface area (Å²) in [6, 6.07) is 11.6. The van der Waals surface area contributed by atoms with E-state index in [0.717, 1.165) is 25.0 Å². The molecule has 0 aliphatic heterocycles. The number of benzene rings is 1. The zero-order valence-electron chi connectivity index (χ0n) is 11.4. The zero-order valence-corrected chi connectivity index (χ0v) is 12.2. The van der Waals surface area contributed by atoms with Gasteiger partial charge in [-0.25, -0.2) is 0 Å². The number of thioether (sulfide) groups is 1. The van der Waals surface area contributed by atoms with Gasteiger partial charge in [0.1, 0.15) is 0 Å². The van der Waals surface area contributed by atoms with Crippen LogP contribution in [-0.2, 0) is 0 Å². The molecule has 0 aliphatic carbocycles. The Kier molecular flexibility index (Phi) is 8.14. The molecule has 0 bridgehead atoms. The molecule has 18 heavy (non-hydrogen) atoms. The lowest BCUT2D eigenvalue weighted by Gasteiger charge is -2.21. The minimum absolute atomic E-state index is 0.306. The van der Waals surface area contributed by atoms with Crippen molar-refractivity contribution in [3.63, 3.8) is 0 Å². The molecule has 2 N–H and O–H groups in total. The average Bonchev–Trinajstić information content (AvgIpc) is 2.37. The number of hydrogen-bond donors (Lipinski definition) is 2. The van der Waals surface area contributed by atoms with Crippen LogP contribution < -0.4 is 5.32 Å². The van der Waals surface area contributed by atoms with Crippen LogP contribution in [0.5, 0.6) is 0 Å². The fraction of sp³-hybridized carbons (Fsp3) is 0.600. The van der Waals surface area contributed by atoms with Crippen LogP contribution in [0.4, 0.5) is 0 Å². The standard InChI is InChI=1S/C15H25NOS/c1-13(2)16-14(8-6-7-11-17)12-18-15-9-4-3-5-10-15/h3-5,9-10,13-14,16-17H,6-8,11-12H2,1-2H3. The summed E-state index contributed by atoms with van der Waals surface area (Å²) in [6.07, 6.45) is 3.14. The summed E-state index contributed by atoms with van der Waals surface area (Å²) < 4.78 is 0. The highest BCUT2D eigenvalue weighted by atomic mass is 32.2. The van der Waals surface area contributed by atoms with Crippen molar-refractivity contribution in [3.8, 4) is 0 Å². The van der Waals surface area contributed by atoms with Crippen molar-refractivity contribution in [1.82, 2.24) is 5.32 Å². The molecule has 3 heteroatoms. The molecule has 1 rings (SSSR count). The Bertz CT molecular complexity index is 303. The van der Waals surface area contributed by atoms with Gasteiger partial charge in [0.15, 0.2) is 0 Å². The van der Waals surface area contributed by atoms with E-state index in [1.54, 1.807) is 0 Å². The van der Waals surface area contributed by atoms with Gasteiger partial charge in [-0.15, -0.1) is 11.8 Å². The second kappa shape index (κ2) is 9.42. The summed E-state index contributed by atoms with van der Waals surface area (Å²) in [5.41, 5.74) is 0. The SMILES string of the molecule is CC(C)NC(CCCCO)CSc1ccccc1. The first-order chi connectivity index (χ1) is 8.72. The highest BCUT2D eigenvalue weighted by molar-refractivity contribution is 7.99. The predicted octanol–water partition coefficient (Wildman–Crippen LogP) is 3.31. The molecule has 1 atom stereocenters. The van der Waals surface area contributed by atoms with E-state index >= 15 is 0 Å². The molecule has 1 aromatic rings. The van der Waals surface area contributed by atoms with Crippen molar-refractivity contribution in [1.29, 1.82) is 0 Å². The third-order valence-electron chi connectivity index (χ3n) is 2.72. The first-order valence-electron chi connectivity index (χ1n) is 6.77. The van der Waals surface area contributed by atoms with Crippen LogP contribution in [0.25, 0.3) is 0 Å². The number of hydrogen-bond acceptors (Lipinski definition) is 3. The molecule has 102 valence electrons. The minimum atomic E-state index is 0.306. The van der Waals surface area contributed by atoms with E-state index in [-0.39, 0.29) is 0 Å².